The van der Waals surface area contributed by atoms with Crippen molar-refractivity contribution in [2.45, 2.75) is 52.1 Å². The lowest BCUT2D eigenvalue weighted by atomic mass is 9.87. The van der Waals surface area contributed by atoms with Gasteiger partial charge in [0.2, 0.25) is 0 Å². The summed E-state index contributed by atoms with van der Waals surface area (Å²) in [6.45, 7) is 5.23. The molecule has 1 fully saturated rings. The average Bonchev–Trinajstić information content (AvgIpc) is 2.99. The van der Waals surface area contributed by atoms with Crippen molar-refractivity contribution in [3.8, 4) is 0 Å². The van der Waals surface area contributed by atoms with Gasteiger partial charge in [-0.2, -0.15) is 5.10 Å². The van der Waals surface area contributed by atoms with Crippen LogP contribution < -0.4 is 10.6 Å². The zero-order valence-electron chi connectivity index (χ0n) is 14.5. The second-order valence-corrected chi connectivity index (χ2v) is 7.32. The zero-order chi connectivity index (χ0) is 16.9. The van der Waals surface area contributed by atoms with Gasteiger partial charge in [-0.25, -0.2) is 0 Å². The molecule has 0 amide bonds. The van der Waals surface area contributed by atoms with Crippen LogP contribution in [0.2, 0.25) is 0 Å². The Kier molecular flexibility index (Phi) is 5.51. The van der Waals surface area contributed by atoms with Crippen molar-refractivity contribution < 1.29 is 0 Å². The van der Waals surface area contributed by atoms with Crippen molar-refractivity contribution in [3.63, 3.8) is 0 Å². The maximum Gasteiger partial charge on any atom is 0.171 e. The van der Waals surface area contributed by atoms with Gasteiger partial charge in [-0.3, -0.25) is 4.68 Å². The molecule has 1 aliphatic rings. The Balaban J connectivity index is 1.52. The quantitative estimate of drug-likeness (QED) is 0.821. The molecule has 1 aliphatic carbocycles. The first-order chi connectivity index (χ1) is 11.6. The molecule has 0 atom stereocenters. The Morgan fingerprint density at radius 1 is 1.25 bits per heavy atom. The van der Waals surface area contributed by atoms with Gasteiger partial charge in [0, 0.05) is 12.2 Å². The Morgan fingerprint density at radius 3 is 2.75 bits per heavy atom. The van der Waals surface area contributed by atoms with Gasteiger partial charge in [0.05, 0.1) is 18.4 Å². The first kappa shape index (κ1) is 17.0. The molecule has 1 heterocycles. The second kappa shape index (κ2) is 7.79. The highest BCUT2D eigenvalue weighted by Gasteiger charge is 2.18. The lowest BCUT2D eigenvalue weighted by molar-refractivity contribution is 0.332. The molecular weight excluding hydrogens is 316 g/mol. The molecule has 0 spiro atoms. The van der Waals surface area contributed by atoms with Crippen LogP contribution in [-0.4, -0.2) is 20.9 Å². The van der Waals surface area contributed by atoms with Gasteiger partial charge >= 0.3 is 0 Å². The molecule has 1 saturated carbocycles. The lowest BCUT2D eigenvalue weighted by Gasteiger charge is -2.27. The van der Waals surface area contributed by atoms with E-state index < -0.39 is 0 Å². The summed E-state index contributed by atoms with van der Waals surface area (Å²) in [4.78, 5) is 0. The fraction of sp³-hybridized carbons (Fsp3) is 0.474. The van der Waals surface area contributed by atoms with Crippen LogP contribution in [0.1, 0.15) is 43.7 Å². The number of hydrogen-bond donors (Lipinski definition) is 2. The fourth-order valence-electron chi connectivity index (χ4n) is 3.23. The minimum Gasteiger partial charge on any atom is -0.360 e. The topological polar surface area (TPSA) is 41.9 Å². The number of anilines is 1. The number of thiocarbonyl (C=S) groups is 1. The van der Waals surface area contributed by atoms with Crippen molar-refractivity contribution >= 4 is 23.0 Å². The van der Waals surface area contributed by atoms with E-state index in [0.29, 0.717) is 11.2 Å². The van der Waals surface area contributed by atoms with Crippen molar-refractivity contribution in [1.82, 2.24) is 15.1 Å². The molecule has 128 valence electrons. The van der Waals surface area contributed by atoms with E-state index in [1.54, 1.807) is 0 Å². The van der Waals surface area contributed by atoms with Crippen LogP contribution in [-0.2, 0) is 6.54 Å². The maximum absolute atomic E-state index is 5.45. The summed E-state index contributed by atoms with van der Waals surface area (Å²) < 4.78 is 1.94. The Hall–Kier alpha value is -1.88. The summed E-state index contributed by atoms with van der Waals surface area (Å²) in [6.07, 6.45) is 8.81. The molecule has 0 bridgehead atoms. The number of nitrogens with one attached hydrogen (secondary N) is 2. The van der Waals surface area contributed by atoms with Crippen LogP contribution in [0.3, 0.4) is 0 Å². The van der Waals surface area contributed by atoms with E-state index in [4.69, 9.17) is 12.2 Å². The molecule has 0 saturated heterocycles. The molecule has 2 aromatic rings. The summed E-state index contributed by atoms with van der Waals surface area (Å²) in [7, 11) is 0. The molecule has 1 aromatic carbocycles. The minimum absolute atomic E-state index is 0.503. The van der Waals surface area contributed by atoms with Gasteiger partial charge in [0.25, 0.3) is 0 Å². The Morgan fingerprint density at radius 2 is 2.00 bits per heavy atom. The highest BCUT2D eigenvalue weighted by molar-refractivity contribution is 7.80. The predicted molar refractivity (Wildman–Crippen MR) is 103 cm³/mol. The normalized spacial score (nSPS) is 20.6. The summed E-state index contributed by atoms with van der Waals surface area (Å²) in [5.41, 5.74) is 3.50. The van der Waals surface area contributed by atoms with Crippen LogP contribution in [0, 0.1) is 12.8 Å². The zero-order valence-corrected chi connectivity index (χ0v) is 15.3. The summed E-state index contributed by atoms with van der Waals surface area (Å²) in [5.74, 6) is 0.851. The van der Waals surface area contributed by atoms with Crippen LogP contribution in [0.4, 0.5) is 5.69 Å². The highest BCUT2D eigenvalue weighted by Crippen LogP contribution is 2.23. The van der Waals surface area contributed by atoms with E-state index in [1.807, 2.05) is 17.1 Å². The second-order valence-electron chi connectivity index (χ2n) is 6.91. The van der Waals surface area contributed by atoms with E-state index >= 15 is 0 Å². The van der Waals surface area contributed by atoms with Crippen LogP contribution >= 0.6 is 12.2 Å². The molecular formula is C19H26N4S. The van der Waals surface area contributed by atoms with Crippen molar-refractivity contribution in [1.29, 1.82) is 0 Å². The van der Waals surface area contributed by atoms with Gasteiger partial charge in [-0.05, 0) is 61.9 Å². The Labute approximate surface area is 149 Å². The highest BCUT2D eigenvalue weighted by atomic mass is 32.1. The molecule has 3 rings (SSSR count). The monoisotopic (exact) mass is 342 g/mol. The van der Waals surface area contributed by atoms with E-state index in [2.05, 4.69) is 53.8 Å². The Bertz CT molecular complexity index is 686. The number of aromatic nitrogens is 2. The SMILES string of the molecule is Cc1ccccc1Cn1cc(NC(=S)NC2CCC(C)CC2)cn1. The van der Waals surface area contributed by atoms with E-state index in [1.165, 1.54) is 36.8 Å². The molecule has 0 aliphatic heterocycles. The molecule has 24 heavy (non-hydrogen) atoms. The molecule has 2 N–H and O–H groups in total. The smallest absolute Gasteiger partial charge is 0.171 e. The number of nitrogens with zero attached hydrogens (tertiary/aromatic N) is 2. The third kappa shape index (κ3) is 4.57. The fourth-order valence-corrected chi connectivity index (χ4v) is 3.52. The lowest BCUT2D eigenvalue weighted by Crippen LogP contribution is -2.39. The summed E-state index contributed by atoms with van der Waals surface area (Å²) in [6, 6.07) is 8.89. The molecule has 0 unspecified atom stereocenters. The average molecular weight is 343 g/mol. The van der Waals surface area contributed by atoms with Gasteiger partial charge in [0.1, 0.15) is 0 Å². The molecule has 1 aromatic heterocycles. The standard InChI is InChI=1S/C19H26N4S/c1-14-7-9-17(10-8-14)21-19(24)22-18-11-20-23(13-18)12-16-6-4-3-5-15(16)2/h3-6,11,13-14,17H,7-10,12H2,1-2H3,(H2,21,22,24). The van der Waals surface area contributed by atoms with E-state index in [0.717, 1.165) is 18.2 Å². The van der Waals surface area contributed by atoms with Crippen molar-refractivity contribution in [2.75, 3.05) is 5.32 Å². The largest absolute Gasteiger partial charge is 0.360 e. The summed E-state index contributed by atoms with van der Waals surface area (Å²) in [5, 5.41) is 11.8. The number of aryl methyl sites for hydroxylation is 1. The van der Waals surface area contributed by atoms with E-state index in [9.17, 15) is 0 Å². The molecule has 5 heteroatoms. The van der Waals surface area contributed by atoms with Gasteiger partial charge < -0.3 is 10.6 Å². The third-order valence-corrected chi connectivity index (χ3v) is 5.06. The number of benzene rings is 1. The number of rotatable bonds is 4. The predicted octanol–water partition coefficient (Wildman–Crippen LogP) is 4.10. The third-order valence-electron chi connectivity index (χ3n) is 4.84. The van der Waals surface area contributed by atoms with Crippen molar-refractivity contribution in [2.24, 2.45) is 5.92 Å². The van der Waals surface area contributed by atoms with Gasteiger partial charge in [-0.15, -0.1) is 0 Å². The van der Waals surface area contributed by atoms with Crippen LogP contribution in [0.15, 0.2) is 36.7 Å². The van der Waals surface area contributed by atoms with Crippen LogP contribution in [0.25, 0.3) is 0 Å². The van der Waals surface area contributed by atoms with Gasteiger partial charge in [-0.1, -0.05) is 31.2 Å². The molecule has 0 radical (unpaired) electrons. The first-order valence-electron chi connectivity index (χ1n) is 8.74. The number of hydrogen-bond acceptors (Lipinski definition) is 2. The summed E-state index contributed by atoms with van der Waals surface area (Å²) >= 11 is 5.45. The first-order valence-corrected chi connectivity index (χ1v) is 9.15. The molecule has 4 nitrogen and oxygen atoms in total. The van der Waals surface area contributed by atoms with Crippen molar-refractivity contribution in [3.05, 3.63) is 47.8 Å². The van der Waals surface area contributed by atoms with E-state index in [-0.39, 0.29) is 0 Å². The maximum atomic E-state index is 5.45. The minimum atomic E-state index is 0.503. The van der Waals surface area contributed by atoms with Crippen LogP contribution in [0.5, 0.6) is 0 Å². The van der Waals surface area contributed by atoms with Gasteiger partial charge in [0.15, 0.2) is 5.11 Å².